The molecule has 11 heavy (non-hydrogen) atoms. The average Bonchev–Trinajstić information content (AvgIpc) is 2.10. The molecule has 0 unspecified atom stereocenters. The van der Waals surface area contributed by atoms with E-state index in [1.165, 1.54) is 0 Å². The molecule has 0 aromatic rings. The minimum Gasteiger partial charge on any atom is -0.285 e. The first-order chi connectivity index (χ1) is 5.11. The third kappa shape index (κ3) is 2.52. The molecule has 0 saturated carbocycles. The smallest absolute Gasteiger partial charge is 0.285 e. The first kappa shape index (κ1) is 8.56. The zero-order valence-electron chi connectivity index (χ0n) is 6.12. The highest BCUT2D eigenvalue weighted by molar-refractivity contribution is 5.89. The Morgan fingerprint density at radius 2 is 1.82 bits per heavy atom. The number of nitrogens with zero attached hydrogens (tertiary/aromatic N) is 1. The molecule has 0 amide bonds. The number of hydrogen-bond donors (Lipinski definition) is 0. The zero-order chi connectivity index (χ0) is 8.32. The summed E-state index contributed by atoms with van der Waals surface area (Å²) in [5.74, 6) is 0. The molecule has 0 atom stereocenters. The van der Waals surface area contributed by atoms with Crippen LogP contribution >= 0.6 is 0 Å². The Hall–Kier alpha value is -0.540. The average molecular weight is 165 g/mol. The van der Waals surface area contributed by atoms with Crippen LogP contribution in [0, 0.1) is 0 Å². The Balaban J connectivity index is 2.61. The molecule has 1 aliphatic rings. The second kappa shape index (κ2) is 3.24. The molecule has 1 rings (SSSR count). The van der Waals surface area contributed by atoms with Crippen LogP contribution in [0.4, 0.5) is 13.2 Å². The van der Waals surface area contributed by atoms with Gasteiger partial charge in [-0.2, -0.15) is 13.2 Å². The maximum atomic E-state index is 12.0. The van der Waals surface area contributed by atoms with Crippen molar-refractivity contribution in [3.8, 4) is 0 Å². The third-order valence-corrected chi connectivity index (χ3v) is 1.70. The summed E-state index contributed by atoms with van der Waals surface area (Å²) in [6, 6.07) is 0. The van der Waals surface area contributed by atoms with Gasteiger partial charge in [-0.15, -0.1) is 0 Å². The lowest BCUT2D eigenvalue weighted by atomic mass is 10.1. The van der Waals surface area contributed by atoms with Gasteiger partial charge in [0.25, 0.3) is 0 Å². The maximum Gasteiger partial charge on any atom is 0.429 e. The van der Waals surface area contributed by atoms with Crippen molar-refractivity contribution in [2.75, 3.05) is 6.54 Å². The van der Waals surface area contributed by atoms with Crippen molar-refractivity contribution in [3.63, 3.8) is 0 Å². The van der Waals surface area contributed by atoms with Crippen molar-refractivity contribution < 1.29 is 13.2 Å². The van der Waals surface area contributed by atoms with E-state index in [1.54, 1.807) is 0 Å². The van der Waals surface area contributed by atoms with Gasteiger partial charge in [0.2, 0.25) is 0 Å². The van der Waals surface area contributed by atoms with Crippen LogP contribution < -0.4 is 0 Å². The predicted molar refractivity (Wildman–Crippen MR) is 36.8 cm³/mol. The van der Waals surface area contributed by atoms with Gasteiger partial charge in [-0.3, -0.25) is 4.99 Å². The Morgan fingerprint density at radius 1 is 1.09 bits per heavy atom. The molecule has 4 heteroatoms. The van der Waals surface area contributed by atoms with Crippen molar-refractivity contribution in [2.24, 2.45) is 4.99 Å². The molecule has 0 fully saturated rings. The van der Waals surface area contributed by atoms with E-state index in [9.17, 15) is 13.2 Å². The predicted octanol–water partition coefficient (Wildman–Crippen LogP) is 2.56. The fourth-order valence-corrected chi connectivity index (χ4v) is 1.11. The highest BCUT2D eigenvalue weighted by atomic mass is 19.4. The lowest BCUT2D eigenvalue weighted by Crippen LogP contribution is -2.22. The van der Waals surface area contributed by atoms with Crippen molar-refractivity contribution in [3.05, 3.63) is 0 Å². The molecular weight excluding hydrogens is 155 g/mol. The number of alkyl halides is 3. The Kier molecular flexibility index (Phi) is 2.52. The first-order valence-corrected chi connectivity index (χ1v) is 3.71. The highest BCUT2D eigenvalue weighted by Crippen LogP contribution is 2.23. The van der Waals surface area contributed by atoms with Gasteiger partial charge in [0, 0.05) is 6.54 Å². The molecule has 0 N–H and O–H groups in total. The fraction of sp³-hybridized carbons (Fsp3) is 0.857. The quantitative estimate of drug-likeness (QED) is 0.523. The van der Waals surface area contributed by atoms with Crippen LogP contribution in [0.15, 0.2) is 4.99 Å². The molecule has 0 aromatic heterocycles. The summed E-state index contributed by atoms with van der Waals surface area (Å²) in [7, 11) is 0. The lowest BCUT2D eigenvalue weighted by Gasteiger charge is -2.07. The molecular formula is C7H10F3N. The van der Waals surface area contributed by atoms with Gasteiger partial charge in [-0.05, 0) is 19.3 Å². The van der Waals surface area contributed by atoms with E-state index in [2.05, 4.69) is 4.99 Å². The number of rotatable bonds is 0. The molecule has 1 nitrogen and oxygen atoms in total. The van der Waals surface area contributed by atoms with Crippen LogP contribution in [0.2, 0.25) is 0 Å². The van der Waals surface area contributed by atoms with E-state index in [-0.39, 0.29) is 6.42 Å². The summed E-state index contributed by atoms with van der Waals surface area (Å²) in [5.41, 5.74) is -0.574. The van der Waals surface area contributed by atoms with Crippen molar-refractivity contribution in [1.29, 1.82) is 0 Å². The van der Waals surface area contributed by atoms with Gasteiger partial charge < -0.3 is 0 Å². The summed E-state index contributed by atoms with van der Waals surface area (Å²) in [6.07, 6.45) is -1.81. The number of aliphatic imine (C=N–C) groups is 1. The first-order valence-electron chi connectivity index (χ1n) is 3.71. The monoisotopic (exact) mass is 165 g/mol. The molecule has 64 valence electrons. The minimum atomic E-state index is -4.19. The second-order valence-electron chi connectivity index (χ2n) is 2.64. The van der Waals surface area contributed by atoms with Crippen molar-refractivity contribution in [2.45, 2.75) is 31.9 Å². The fourth-order valence-electron chi connectivity index (χ4n) is 1.11. The summed E-state index contributed by atoms with van der Waals surface area (Å²) < 4.78 is 36.0. The van der Waals surface area contributed by atoms with E-state index in [0.29, 0.717) is 13.0 Å². The van der Waals surface area contributed by atoms with E-state index in [1.807, 2.05) is 0 Å². The van der Waals surface area contributed by atoms with Gasteiger partial charge in [0.15, 0.2) is 0 Å². The van der Waals surface area contributed by atoms with E-state index in [4.69, 9.17) is 0 Å². The zero-order valence-corrected chi connectivity index (χ0v) is 6.12. The number of halogens is 3. The van der Waals surface area contributed by atoms with Crippen molar-refractivity contribution >= 4 is 5.71 Å². The molecule has 0 aliphatic carbocycles. The molecule has 1 aliphatic heterocycles. The summed E-state index contributed by atoms with van der Waals surface area (Å²) in [4.78, 5) is 3.49. The van der Waals surface area contributed by atoms with Gasteiger partial charge in [0.05, 0.1) is 0 Å². The van der Waals surface area contributed by atoms with Crippen LogP contribution in [0.3, 0.4) is 0 Å². The van der Waals surface area contributed by atoms with Crippen LogP contribution in [-0.2, 0) is 0 Å². The Morgan fingerprint density at radius 3 is 2.45 bits per heavy atom. The summed E-state index contributed by atoms with van der Waals surface area (Å²) >= 11 is 0. The molecule has 0 bridgehead atoms. The van der Waals surface area contributed by atoms with Gasteiger partial charge in [-0.1, -0.05) is 6.42 Å². The van der Waals surface area contributed by atoms with E-state index < -0.39 is 11.9 Å². The van der Waals surface area contributed by atoms with E-state index >= 15 is 0 Å². The maximum absolute atomic E-state index is 12.0. The standard InChI is InChI=1S/C7H10F3N/c8-7(9,10)6-4-2-1-3-5-11-6/h1-5H2. The van der Waals surface area contributed by atoms with Crippen molar-refractivity contribution in [1.82, 2.24) is 0 Å². The molecule has 0 aromatic carbocycles. The van der Waals surface area contributed by atoms with Gasteiger partial charge in [-0.25, -0.2) is 0 Å². The van der Waals surface area contributed by atoms with E-state index in [0.717, 1.165) is 12.8 Å². The van der Waals surface area contributed by atoms with Gasteiger partial charge >= 0.3 is 6.18 Å². The van der Waals surface area contributed by atoms with Gasteiger partial charge in [0.1, 0.15) is 5.71 Å². The SMILES string of the molecule is FC(F)(F)C1=NCCCCC1. The highest BCUT2D eigenvalue weighted by Gasteiger charge is 2.34. The number of hydrogen-bond acceptors (Lipinski definition) is 1. The molecule has 0 spiro atoms. The topological polar surface area (TPSA) is 12.4 Å². The summed E-state index contributed by atoms with van der Waals surface area (Å²) in [5, 5.41) is 0. The molecule has 1 heterocycles. The van der Waals surface area contributed by atoms with Crippen LogP contribution in [0.5, 0.6) is 0 Å². The Labute approximate surface area is 63.3 Å². The van der Waals surface area contributed by atoms with Crippen LogP contribution in [0.1, 0.15) is 25.7 Å². The minimum absolute atomic E-state index is 0.101. The Bertz CT molecular complexity index is 160. The summed E-state index contributed by atoms with van der Waals surface area (Å²) in [6.45, 7) is 0.342. The molecule has 0 radical (unpaired) electrons. The third-order valence-electron chi connectivity index (χ3n) is 1.70. The second-order valence-corrected chi connectivity index (χ2v) is 2.64. The normalized spacial score (nSPS) is 20.8. The van der Waals surface area contributed by atoms with Crippen LogP contribution in [0.25, 0.3) is 0 Å². The lowest BCUT2D eigenvalue weighted by molar-refractivity contribution is -0.0606. The molecule has 0 saturated heterocycles. The largest absolute Gasteiger partial charge is 0.429 e. The van der Waals surface area contributed by atoms with Crippen LogP contribution in [-0.4, -0.2) is 18.4 Å².